The van der Waals surface area contributed by atoms with Crippen molar-refractivity contribution in [1.82, 2.24) is 15.1 Å². The number of benzene rings is 2. The minimum absolute atomic E-state index is 0.131. The van der Waals surface area contributed by atoms with E-state index in [0.29, 0.717) is 6.54 Å². The molecule has 1 aromatic heterocycles. The molecular weight excluding hydrogens is 334 g/mol. The maximum absolute atomic E-state index is 13.1. The van der Waals surface area contributed by atoms with Gasteiger partial charge in [0.15, 0.2) is 0 Å². The summed E-state index contributed by atoms with van der Waals surface area (Å²) >= 11 is 0. The molecule has 138 valence electrons. The van der Waals surface area contributed by atoms with Gasteiger partial charge in [-0.05, 0) is 44.4 Å². The summed E-state index contributed by atoms with van der Waals surface area (Å²) in [5.41, 5.74) is 4.92. The fourth-order valence-electron chi connectivity index (χ4n) is 4.02. The maximum atomic E-state index is 13.1. The predicted molar refractivity (Wildman–Crippen MR) is 107 cm³/mol. The summed E-state index contributed by atoms with van der Waals surface area (Å²) in [5, 5.41) is 7.87. The summed E-state index contributed by atoms with van der Waals surface area (Å²) in [6.07, 6.45) is 2.94. The molecule has 1 heterocycles. The van der Waals surface area contributed by atoms with Crippen molar-refractivity contribution in [2.45, 2.75) is 45.1 Å². The molecule has 4 heteroatoms. The van der Waals surface area contributed by atoms with Gasteiger partial charge in [-0.3, -0.25) is 4.79 Å². The molecule has 0 aliphatic heterocycles. The van der Waals surface area contributed by atoms with E-state index in [1.165, 1.54) is 0 Å². The van der Waals surface area contributed by atoms with Gasteiger partial charge in [-0.15, -0.1) is 0 Å². The molecule has 1 amide bonds. The molecule has 4 nitrogen and oxygen atoms in total. The van der Waals surface area contributed by atoms with Crippen LogP contribution in [-0.4, -0.2) is 15.7 Å². The van der Waals surface area contributed by atoms with Crippen molar-refractivity contribution >= 4 is 5.91 Å². The van der Waals surface area contributed by atoms with Gasteiger partial charge in [0.2, 0.25) is 5.91 Å². The lowest BCUT2D eigenvalue weighted by atomic mass is 9.64. The van der Waals surface area contributed by atoms with Crippen LogP contribution in [0.2, 0.25) is 0 Å². The molecule has 0 atom stereocenters. The van der Waals surface area contributed by atoms with Gasteiger partial charge >= 0.3 is 0 Å². The zero-order valence-electron chi connectivity index (χ0n) is 15.9. The van der Waals surface area contributed by atoms with Gasteiger partial charge in [0.1, 0.15) is 0 Å². The van der Waals surface area contributed by atoms with E-state index in [9.17, 15) is 4.79 Å². The minimum Gasteiger partial charge on any atom is -0.351 e. The number of carbonyl (C=O) groups is 1. The molecule has 1 fully saturated rings. The second-order valence-corrected chi connectivity index (χ2v) is 7.38. The van der Waals surface area contributed by atoms with Gasteiger partial charge in [0.25, 0.3) is 0 Å². The quantitative estimate of drug-likeness (QED) is 0.741. The number of amides is 1. The number of aromatic nitrogens is 2. The van der Waals surface area contributed by atoms with E-state index in [-0.39, 0.29) is 11.3 Å². The minimum atomic E-state index is -0.363. The van der Waals surface area contributed by atoms with Crippen LogP contribution in [0.15, 0.2) is 60.7 Å². The summed E-state index contributed by atoms with van der Waals surface area (Å²) in [6, 6.07) is 20.3. The van der Waals surface area contributed by atoms with Gasteiger partial charge in [-0.25, -0.2) is 4.68 Å². The van der Waals surface area contributed by atoms with Crippen molar-refractivity contribution in [2.24, 2.45) is 0 Å². The van der Waals surface area contributed by atoms with Crippen LogP contribution < -0.4 is 5.32 Å². The largest absolute Gasteiger partial charge is 0.351 e. The summed E-state index contributed by atoms with van der Waals surface area (Å²) in [5.74, 6) is 0.131. The molecule has 0 bridgehead atoms. The van der Waals surface area contributed by atoms with Crippen molar-refractivity contribution in [1.29, 1.82) is 0 Å². The van der Waals surface area contributed by atoms with Gasteiger partial charge in [-0.1, -0.05) is 55.0 Å². The third-order valence-electron chi connectivity index (χ3n) is 5.84. The average molecular weight is 359 g/mol. The maximum Gasteiger partial charge on any atom is 0.230 e. The number of hydrogen-bond acceptors (Lipinski definition) is 2. The third kappa shape index (κ3) is 3.05. The Labute approximate surface area is 160 Å². The zero-order valence-corrected chi connectivity index (χ0v) is 15.9. The second-order valence-electron chi connectivity index (χ2n) is 7.38. The van der Waals surface area contributed by atoms with E-state index in [4.69, 9.17) is 0 Å². The first-order chi connectivity index (χ1) is 13.1. The Morgan fingerprint density at radius 1 is 1.04 bits per heavy atom. The fourth-order valence-corrected chi connectivity index (χ4v) is 4.02. The topological polar surface area (TPSA) is 46.9 Å². The first-order valence-electron chi connectivity index (χ1n) is 9.56. The highest BCUT2D eigenvalue weighted by Gasteiger charge is 2.45. The fraction of sp³-hybridized carbons (Fsp3) is 0.304. The van der Waals surface area contributed by atoms with Crippen LogP contribution in [0.1, 0.15) is 41.8 Å². The predicted octanol–water partition coefficient (Wildman–Crippen LogP) is 4.23. The molecule has 1 N–H and O–H groups in total. The Hall–Kier alpha value is -2.88. The molecular formula is C23H25N3O. The molecule has 0 saturated heterocycles. The first-order valence-corrected chi connectivity index (χ1v) is 9.56. The van der Waals surface area contributed by atoms with E-state index < -0.39 is 0 Å². The monoisotopic (exact) mass is 359 g/mol. The average Bonchev–Trinajstić information content (AvgIpc) is 2.95. The first kappa shape index (κ1) is 17.5. The smallest absolute Gasteiger partial charge is 0.230 e. The molecule has 4 rings (SSSR count). The van der Waals surface area contributed by atoms with Crippen molar-refractivity contribution in [3.8, 4) is 5.69 Å². The summed E-state index contributed by atoms with van der Waals surface area (Å²) in [7, 11) is 0. The molecule has 0 radical (unpaired) electrons. The van der Waals surface area contributed by atoms with Crippen LogP contribution in [0.4, 0.5) is 0 Å². The standard InChI is InChI=1S/C23H25N3O/c1-17-21(18(2)26(25-17)20-12-7-4-8-13-20)16-24-22(27)23(14-9-15-23)19-10-5-3-6-11-19/h3-8,10-13H,9,14-16H2,1-2H3,(H,24,27). The van der Waals surface area contributed by atoms with Crippen molar-refractivity contribution in [2.75, 3.05) is 0 Å². The Morgan fingerprint density at radius 2 is 1.67 bits per heavy atom. The van der Waals surface area contributed by atoms with Crippen molar-refractivity contribution in [3.05, 3.63) is 83.2 Å². The Bertz CT molecular complexity index is 941. The van der Waals surface area contributed by atoms with E-state index in [1.807, 2.05) is 60.1 Å². The SMILES string of the molecule is Cc1nn(-c2ccccc2)c(C)c1CNC(=O)C1(c2ccccc2)CCC1. The van der Waals surface area contributed by atoms with Crippen LogP contribution >= 0.6 is 0 Å². The molecule has 3 aromatic rings. The third-order valence-corrected chi connectivity index (χ3v) is 5.84. The van der Waals surface area contributed by atoms with E-state index in [0.717, 1.165) is 47.5 Å². The summed E-state index contributed by atoms with van der Waals surface area (Å²) < 4.78 is 1.95. The highest BCUT2D eigenvalue weighted by molar-refractivity contribution is 5.89. The lowest BCUT2D eigenvalue weighted by molar-refractivity contribution is -0.130. The lowest BCUT2D eigenvalue weighted by Crippen LogP contribution is -2.49. The van der Waals surface area contributed by atoms with Crippen LogP contribution in [0, 0.1) is 13.8 Å². The molecule has 1 saturated carbocycles. The Kier molecular flexibility index (Phi) is 4.56. The second kappa shape index (κ2) is 7.03. The van der Waals surface area contributed by atoms with Crippen LogP contribution in [0.25, 0.3) is 5.69 Å². The van der Waals surface area contributed by atoms with Gasteiger partial charge < -0.3 is 5.32 Å². The van der Waals surface area contributed by atoms with Crippen molar-refractivity contribution in [3.63, 3.8) is 0 Å². The number of aryl methyl sites for hydroxylation is 1. The van der Waals surface area contributed by atoms with Crippen molar-refractivity contribution < 1.29 is 4.79 Å². The molecule has 1 aliphatic carbocycles. The highest BCUT2D eigenvalue weighted by Crippen LogP contribution is 2.43. The number of para-hydroxylation sites is 1. The Balaban J connectivity index is 1.54. The molecule has 0 spiro atoms. The lowest BCUT2D eigenvalue weighted by Gasteiger charge is -2.40. The Morgan fingerprint density at radius 3 is 2.26 bits per heavy atom. The molecule has 0 unspecified atom stereocenters. The molecule has 1 aliphatic rings. The number of nitrogens with one attached hydrogen (secondary N) is 1. The van der Waals surface area contributed by atoms with Gasteiger partial charge in [0, 0.05) is 17.8 Å². The number of hydrogen-bond donors (Lipinski definition) is 1. The van der Waals surface area contributed by atoms with Gasteiger partial charge in [-0.2, -0.15) is 5.10 Å². The van der Waals surface area contributed by atoms with E-state index >= 15 is 0 Å². The van der Waals surface area contributed by atoms with E-state index in [1.54, 1.807) is 0 Å². The van der Waals surface area contributed by atoms with Crippen LogP contribution in [-0.2, 0) is 16.8 Å². The summed E-state index contributed by atoms with van der Waals surface area (Å²) in [6.45, 7) is 4.58. The van der Waals surface area contributed by atoms with Crippen LogP contribution in [0.5, 0.6) is 0 Å². The zero-order chi connectivity index (χ0) is 18.9. The number of nitrogens with zero attached hydrogens (tertiary/aromatic N) is 2. The number of carbonyl (C=O) groups excluding carboxylic acids is 1. The normalized spacial score (nSPS) is 15.2. The summed E-state index contributed by atoms with van der Waals surface area (Å²) in [4.78, 5) is 13.1. The van der Waals surface area contributed by atoms with Gasteiger partial charge in [0.05, 0.1) is 16.8 Å². The molecule has 2 aromatic carbocycles. The number of rotatable bonds is 5. The highest BCUT2D eigenvalue weighted by atomic mass is 16.2. The van der Waals surface area contributed by atoms with E-state index in [2.05, 4.69) is 29.5 Å². The van der Waals surface area contributed by atoms with Crippen LogP contribution in [0.3, 0.4) is 0 Å². The molecule has 27 heavy (non-hydrogen) atoms.